The highest BCUT2D eigenvalue weighted by atomic mass is 32.1. The minimum Gasteiger partial charge on any atom is -0.434 e. The van der Waals surface area contributed by atoms with Crippen LogP contribution < -0.4 is 20.2 Å². The van der Waals surface area contributed by atoms with Crippen LogP contribution in [0.1, 0.15) is 34.5 Å². The summed E-state index contributed by atoms with van der Waals surface area (Å²) in [5.74, 6) is -0.896. The molecule has 0 aromatic carbocycles. The van der Waals surface area contributed by atoms with Crippen molar-refractivity contribution >= 4 is 39.9 Å². The van der Waals surface area contributed by atoms with Crippen molar-refractivity contribution in [3.8, 4) is 22.1 Å². The molecule has 4 heterocycles. The number of rotatable bonds is 6. The van der Waals surface area contributed by atoms with Gasteiger partial charge in [0.2, 0.25) is 5.88 Å². The van der Waals surface area contributed by atoms with Crippen LogP contribution in [0.5, 0.6) is 11.6 Å². The van der Waals surface area contributed by atoms with E-state index in [2.05, 4.69) is 15.3 Å². The molecule has 36 heavy (non-hydrogen) atoms. The number of aryl methyl sites for hydroxylation is 3. The van der Waals surface area contributed by atoms with E-state index < -0.39 is 13.0 Å². The van der Waals surface area contributed by atoms with Crippen LogP contribution in [0, 0.1) is 19.7 Å². The van der Waals surface area contributed by atoms with E-state index in [-0.39, 0.29) is 45.0 Å². The maximum absolute atomic E-state index is 15.8. The zero-order valence-corrected chi connectivity index (χ0v) is 22.3. The summed E-state index contributed by atoms with van der Waals surface area (Å²) in [7, 11) is -1.42. The van der Waals surface area contributed by atoms with Crippen molar-refractivity contribution in [2.24, 2.45) is 7.05 Å². The molecule has 0 saturated heterocycles. The molecule has 11 heteroatoms. The number of fused-ring (bicyclic) bond motifs is 1. The SMILES string of the molecule is Cc1cnc(Oc2c(-c3cn(C)c(=O)c4[nH]c(C(=O)NC5CC5)cc34)sc(P(C)(C)=O)c2F)c(C)c1. The van der Waals surface area contributed by atoms with E-state index in [9.17, 15) is 14.2 Å². The van der Waals surface area contributed by atoms with Gasteiger partial charge in [-0.1, -0.05) is 0 Å². The molecule has 188 valence electrons. The van der Waals surface area contributed by atoms with Crippen LogP contribution >= 0.6 is 18.5 Å². The third kappa shape index (κ3) is 4.40. The molecule has 1 amide bonds. The quantitative estimate of drug-likeness (QED) is 0.354. The molecule has 1 aliphatic rings. The van der Waals surface area contributed by atoms with Crippen LogP contribution in [-0.4, -0.2) is 39.8 Å². The first-order valence-corrected chi connectivity index (χ1v) is 14.9. The Bertz CT molecular complexity index is 1640. The molecule has 0 atom stereocenters. The van der Waals surface area contributed by atoms with Gasteiger partial charge in [0, 0.05) is 42.0 Å². The number of ether oxygens (including phenoxy) is 1. The van der Waals surface area contributed by atoms with E-state index in [1.165, 1.54) is 17.9 Å². The van der Waals surface area contributed by atoms with E-state index in [4.69, 9.17) is 4.74 Å². The smallest absolute Gasteiger partial charge is 0.274 e. The monoisotopic (exact) mass is 528 g/mol. The Labute approximate surface area is 210 Å². The molecule has 4 aromatic rings. The zero-order valence-electron chi connectivity index (χ0n) is 20.6. The predicted molar refractivity (Wildman–Crippen MR) is 140 cm³/mol. The Kier molecular flexibility index (Phi) is 5.92. The maximum atomic E-state index is 15.8. The number of hydrogen-bond donors (Lipinski definition) is 2. The van der Waals surface area contributed by atoms with Crippen LogP contribution in [0.3, 0.4) is 0 Å². The molecular weight excluding hydrogens is 502 g/mol. The normalized spacial score (nSPS) is 13.8. The van der Waals surface area contributed by atoms with Gasteiger partial charge in [-0.15, -0.1) is 11.3 Å². The summed E-state index contributed by atoms with van der Waals surface area (Å²) in [4.78, 5) is 33.2. The van der Waals surface area contributed by atoms with Crippen LogP contribution in [0.25, 0.3) is 21.3 Å². The Morgan fingerprint density at radius 1 is 1.31 bits per heavy atom. The van der Waals surface area contributed by atoms with Crippen LogP contribution in [0.15, 0.2) is 29.3 Å². The summed E-state index contributed by atoms with van der Waals surface area (Å²) in [6, 6.07) is 3.62. The molecule has 8 nitrogen and oxygen atoms in total. The van der Waals surface area contributed by atoms with Crippen molar-refractivity contribution < 1.29 is 18.5 Å². The van der Waals surface area contributed by atoms with Gasteiger partial charge in [-0.05, 0) is 57.7 Å². The summed E-state index contributed by atoms with van der Waals surface area (Å²) < 4.78 is 36.2. The van der Waals surface area contributed by atoms with E-state index in [1.54, 1.807) is 25.5 Å². The van der Waals surface area contributed by atoms with E-state index in [0.29, 0.717) is 15.8 Å². The highest BCUT2D eigenvalue weighted by Gasteiger charge is 2.31. The summed E-state index contributed by atoms with van der Waals surface area (Å²) >= 11 is 1.02. The number of carbonyl (C=O) groups excluding carboxylic acids is 1. The molecule has 0 bridgehead atoms. The van der Waals surface area contributed by atoms with Crippen LogP contribution in [-0.2, 0) is 11.6 Å². The number of nitrogens with zero attached hydrogens (tertiary/aromatic N) is 2. The fourth-order valence-electron chi connectivity index (χ4n) is 4.03. The van der Waals surface area contributed by atoms with Gasteiger partial charge in [-0.25, -0.2) is 9.37 Å². The molecule has 4 aromatic heterocycles. The summed E-state index contributed by atoms with van der Waals surface area (Å²) in [6.45, 7) is 6.70. The first-order chi connectivity index (χ1) is 16.9. The number of pyridine rings is 2. The van der Waals surface area contributed by atoms with Crippen LogP contribution in [0.2, 0.25) is 0 Å². The predicted octanol–water partition coefficient (Wildman–Crippen LogP) is 4.68. The number of amides is 1. The van der Waals surface area contributed by atoms with Crippen molar-refractivity contribution in [3.05, 3.63) is 57.5 Å². The van der Waals surface area contributed by atoms with Gasteiger partial charge in [0.25, 0.3) is 11.5 Å². The Morgan fingerprint density at radius 3 is 2.67 bits per heavy atom. The van der Waals surface area contributed by atoms with Crippen molar-refractivity contribution in [2.75, 3.05) is 13.3 Å². The molecule has 0 spiro atoms. The number of aromatic amines is 1. The Morgan fingerprint density at radius 2 is 2.03 bits per heavy atom. The van der Waals surface area contributed by atoms with Crippen molar-refractivity contribution in [3.63, 3.8) is 0 Å². The average Bonchev–Trinajstić information content (AvgIpc) is 3.38. The molecule has 5 rings (SSSR count). The van der Waals surface area contributed by atoms with E-state index >= 15 is 4.39 Å². The lowest BCUT2D eigenvalue weighted by molar-refractivity contribution is 0.0947. The number of thiophene rings is 1. The maximum Gasteiger partial charge on any atom is 0.274 e. The van der Waals surface area contributed by atoms with Crippen molar-refractivity contribution in [1.82, 2.24) is 19.9 Å². The highest BCUT2D eigenvalue weighted by molar-refractivity contribution is 7.75. The molecule has 0 unspecified atom stereocenters. The molecule has 1 saturated carbocycles. The number of nitrogens with one attached hydrogen (secondary N) is 2. The van der Waals surface area contributed by atoms with Crippen LogP contribution in [0.4, 0.5) is 4.39 Å². The molecular formula is C25H26FN4O4PS. The Hall–Kier alpha value is -3.23. The largest absolute Gasteiger partial charge is 0.434 e. The third-order valence-electron chi connectivity index (χ3n) is 6.01. The molecule has 1 aliphatic carbocycles. The van der Waals surface area contributed by atoms with Gasteiger partial charge in [0.05, 0.1) is 4.88 Å². The molecule has 0 radical (unpaired) electrons. The lowest BCUT2D eigenvalue weighted by atomic mass is 10.1. The highest BCUT2D eigenvalue weighted by Crippen LogP contribution is 2.49. The molecule has 1 fully saturated rings. The number of halogens is 1. The second kappa shape index (κ2) is 8.71. The first-order valence-electron chi connectivity index (χ1n) is 11.5. The Balaban J connectivity index is 1.73. The van der Waals surface area contributed by atoms with Crippen molar-refractivity contribution in [2.45, 2.75) is 32.7 Å². The number of H-pyrrole nitrogens is 1. The molecule has 0 aliphatic heterocycles. The number of aromatic nitrogens is 3. The van der Waals surface area contributed by atoms with Gasteiger partial charge in [-0.3, -0.25) is 9.59 Å². The van der Waals surface area contributed by atoms with E-state index in [0.717, 1.165) is 35.3 Å². The number of hydrogen-bond acceptors (Lipinski definition) is 6. The second-order valence-corrected chi connectivity index (χ2v) is 14.1. The minimum atomic E-state index is -3.01. The second-order valence-electron chi connectivity index (χ2n) is 9.65. The van der Waals surface area contributed by atoms with E-state index in [1.807, 2.05) is 19.9 Å². The fraction of sp³-hybridized carbons (Fsp3) is 0.320. The van der Waals surface area contributed by atoms with Gasteiger partial charge in [0.1, 0.15) is 23.0 Å². The number of carbonyl (C=O) groups is 1. The lowest BCUT2D eigenvalue weighted by Gasteiger charge is -2.11. The standard InChI is InChI=1S/C25H26FN4O4PS/c1-12-8-13(2)23(27-10-12)34-20-18(26)25(35(4,5)33)36-21(20)16-11-30(3)24(32)19-15(16)9-17(29-19)22(31)28-14-6-7-14/h8-11,14,29H,6-7H2,1-5H3,(H,28,31). The zero-order chi connectivity index (χ0) is 25.9. The third-order valence-corrected chi connectivity index (χ3v) is 9.76. The van der Waals surface area contributed by atoms with Crippen molar-refractivity contribution in [1.29, 1.82) is 0 Å². The van der Waals surface area contributed by atoms with Gasteiger partial charge >= 0.3 is 0 Å². The fourth-order valence-corrected chi connectivity index (χ4v) is 6.63. The molecule has 2 N–H and O–H groups in total. The minimum absolute atomic E-state index is 0.0847. The average molecular weight is 529 g/mol. The first kappa shape index (κ1) is 24.5. The summed E-state index contributed by atoms with van der Waals surface area (Å²) in [6.07, 6.45) is 5.06. The lowest BCUT2D eigenvalue weighted by Crippen LogP contribution is -2.25. The topological polar surface area (TPSA) is 106 Å². The summed E-state index contributed by atoms with van der Waals surface area (Å²) in [5, 5.41) is 3.36. The van der Waals surface area contributed by atoms with Gasteiger partial charge < -0.3 is 24.2 Å². The van der Waals surface area contributed by atoms with Gasteiger partial charge in [0.15, 0.2) is 11.6 Å². The summed E-state index contributed by atoms with van der Waals surface area (Å²) in [5.41, 5.74) is 2.27. The van der Waals surface area contributed by atoms with Gasteiger partial charge in [-0.2, -0.15) is 0 Å².